The number of carbonyl (C=O) groups excluding carboxylic acids is 1. The third kappa shape index (κ3) is 6.73. The highest BCUT2D eigenvalue weighted by Crippen LogP contribution is 2.29. The summed E-state index contributed by atoms with van der Waals surface area (Å²) < 4.78 is 35.6. The normalized spacial score (nSPS) is 10.2. The van der Waals surface area contributed by atoms with Crippen molar-refractivity contribution in [2.75, 3.05) is 0 Å². The Balaban J connectivity index is 0.000000423. The lowest BCUT2D eigenvalue weighted by Gasteiger charge is -2.04. The van der Waals surface area contributed by atoms with Crippen LogP contribution in [0.2, 0.25) is 5.02 Å². The maximum absolute atomic E-state index is 11.9. The Labute approximate surface area is 89.1 Å². The number of hydrogen-bond donors (Lipinski definition) is 1. The van der Waals surface area contributed by atoms with Gasteiger partial charge in [0.25, 0.3) is 0 Å². The lowest BCUT2D eigenvalue weighted by Crippen LogP contribution is -2.04. The maximum Gasteiger partial charge on any atom is 0.417 e. The molecule has 1 heterocycles. The molecule has 0 saturated heterocycles. The number of carbonyl (C=O) groups is 1. The van der Waals surface area contributed by atoms with Crippen LogP contribution in [0.15, 0.2) is 18.5 Å². The Morgan fingerprint density at radius 3 is 2.20 bits per heavy atom. The van der Waals surface area contributed by atoms with Crippen LogP contribution in [-0.4, -0.2) is 10.9 Å². The topological polar surface area (TPSA) is 56.0 Å². The van der Waals surface area contributed by atoms with E-state index in [1.165, 1.54) is 6.92 Å². The Kier molecular flexibility index (Phi) is 5.07. The number of halogens is 4. The van der Waals surface area contributed by atoms with E-state index in [0.717, 1.165) is 18.5 Å². The molecule has 0 unspecified atom stereocenters. The Morgan fingerprint density at radius 2 is 1.93 bits per heavy atom. The molecular formula is C8H8ClF3N2O. The maximum atomic E-state index is 11.9. The number of aromatic nitrogens is 1. The third-order valence-corrected chi connectivity index (χ3v) is 1.24. The number of alkyl halides is 3. The number of amides is 1. The summed E-state index contributed by atoms with van der Waals surface area (Å²) in [5.41, 5.74) is 3.64. The van der Waals surface area contributed by atoms with Gasteiger partial charge in [0.2, 0.25) is 5.91 Å². The number of nitrogens with two attached hydrogens (primary N) is 1. The molecule has 0 bridgehead atoms. The van der Waals surface area contributed by atoms with Crippen molar-refractivity contribution >= 4 is 17.5 Å². The lowest BCUT2D eigenvalue weighted by molar-refractivity contribution is -0.137. The first-order chi connectivity index (χ1) is 6.73. The predicted octanol–water partition coefficient (Wildman–Crippen LogP) is 2.25. The van der Waals surface area contributed by atoms with Crippen LogP contribution >= 0.6 is 11.6 Å². The molecule has 1 aromatic heterocycles. The van der Waals surface area contributed by atoms with Crippen molar-refractivity contribution in [3.05, 3.63) is 29.0 Å². The molecule has 0 atom stereocenters. The van der Waals surface area contributed by atoms with Gasteiger partial charge in [0.15, 0.2) is 0 Å². The molecule has 0 aliphatic rings. The zero-order chi connectivity index (χ0) is 12.1. The highest BCUT2D eigenvalue weighted by molar-refractivity contribution is 6.30. The molecule has 1 aromatic rings. The second-order valence-corrected chi connectivity index (χ2v) is 2.94. The highest BCUT2D eigenvalue weighted by atomic mass is 35.5. The second-order valence-electron chi connectivity index (χ2n) is 2.50. The number of rotatable bonds is 0. The molecule has 0 radical (unpaired) electrons. The summed E-state index contributed by atoms with van der Waals surface area (Å²) in [7, 11) is 0. The van der Waals surface area contributed by atoms with Crippen LogP contribution in [-0.2, 0) is 11.0 Å². The van der Waals surface area contributed by atoms with Crippen molar-refractivity contribution in [2.24, 2.45) is 5.73 Å². The predicted molar refractivity (Wildman–Crippen MR) is 49.1 cm³/mol. The minimum Gasteiger partial charge on any atom is -0.370 e. The van der Waals surface area contributed by atoms with Gasteiger partial charge in [-0.1, -0.05) is 11.6 Å². The molecule has 0 spiro atoms. The number of primary amides is 1. The van der Waals surface area contributed by atoms with E-state index in [0.29, 0.717) is 0 Å². The largest absolute Gasteiger partial charge is 0.417 e. The van der Waals surface area contributed by atoms with Crippen LogP contribution in [0.25, 0.3) is 0 Å². The first kappa shape index (κ1) is 13.7. The summed E-state index contributed by atoms with van der Waals surface area (Å²) in [5, 5.41) is -0.0141. The van der Waals surface area contributed by atoms with Gasteiger partial charge >= 0.3 is 6.18 Å². The first-order valence-electron chi connectivity index (χ1n) is 3.67. The quantitative estimate of drug-likeness (QED) is 0.756. The van der Waals surface area contributed by atoms with E-state index < -0.39 is 11.7 Å². The Hall–Kier alpha value is -1.30. The van der Waals surface area contributed by atoms with E-state index in [4.69, 9.17) is 11.6 Å². The average Bonchev–Trinajstić information content (AvgIpc) is 2.01. The minimum absolute atomic E-state index is 0.0141. The van der Waals surface area contributed by atoms with Crippen molar-refractivity contribution in [1.82, 2.24) is 4.98 Å². The van der Waals surface area contributed by atoms with Crippen LogP contribution in [0.5, 0.6) is 0 Å². The molecule has 3 nitrogen and oxygen atoms in total. The van der Waals surface area contributed by atoms with Gasteiger partial charge in [0, 0.05) is 19.3 Å². The Bertz CT molecular complexity index is 337. The van der Waals surface area contributed by atoms with E-state index in [9.17, 15) is 18.0 Å². The fourth-order valence-corrected chi connectivity index (χ4v) is 0.741. The number of pyridine rings is 1. The average molecular weight is 241 g/mol. The third-order valence-electron chi connectivity index (χ3n) is 1.03. The summed E-state index contributed by atoms with van der Waals surface area (Å²) in [4.78, 5) is 12.5. The molecule has 0 saturated carbocycles. The van der Waals surface area contributed by atoms with Crippen LogP contribution in [0.4, 0.5) is 13.2 Å². The molecule has 7 heteroatoms. The molecule has 84 valence electrons. The van der Waals surface area contributed by atoms with Gasteiger partial charge in [-0.2, -0.15) is 13.2 Å². The van der Waals surface area contributed by atoms with E-state index >= 15 is 0 Å². The molecule has 0 aliphatic carbocycles. The van der Waals surface area contributed by atoms with E-state index in [1.54, 1.807) is 0 Å². The SMILES string of the molecule is CC(N)=O.FC(F)(F)c1cncc(Cl)c1. The first-order valence-corrected chi connectivity index (χ1v) is 4.05. The van der Waals surface area contributed by atoms with Crippen molar-refractivity contribution < 1.29 is 18.0 Å². The molecule has 0 fully saturated rings. The fourth-order valence-electron chi connectivity index (χ4n) is 0.567. The molecule has 1 rings (SSSR count). The van der Waals surface area contributed by atoms with Crippen molar-refractivity contribution in [1.29, 1.82) is 0 Å². The van der Waals surface area contributed by atoms with Crippen molar-refractivity contribution in [3.8, 4) is 0 Å². The summed E-state index contributed by atoms with van der Waals surface area (Å²) in [6.45, 7) is 1.31. The molecule has 0 aliphatic heterocycles. The van der Waals surface area contributed by atoms with Gasteiger partial charge in [-0.25, -0.2) is 0 Å². The van der Waals surface area contributed by atoms with Crippen molar-refractivity contribution in [3.63, 3.8) is 0 Å². The summed E-state index contributed by atoms with van der Waals surface area (Å²) in [5.74, 6) is -0.333. The van der Waals surface area contributed by atoms with Crippen LogP contribution in [0, 0.1) is 0 Å². The number of hydrogen-bond acceptors (Lipinski definition) is 2. The van der Waals surface area contributed by atoms with Gasteiger partial charge < -0.3 is 5.73 Å². The fraction of sp³-hybridized carbons (Fsp3) is 0.250. The van der Waals surface area contributed by atoms with Gasteiger partial charge in [0.05, 0.1) is 10.6 Å². The summed E-state index contributed by atoms with van der Waals surface area (Å²) in [6, 6.07) is 0.828. The van der Waals surface area contributed by atoms with Crippen molar-refractivity contribution in [2.45, 2.75) is 13.1 Å². The highest BCUT2D eigenvalue weighted by Gasteiger charge is 2.30. The zero-order valence-corrected chi connectivity index (χ0v) is 8.43. The Morgan fingerprint density at radius 1 is 1.47 bits per heavy atom. The monoisotopic (exact) mass is 240 g/mol. The molecular weight excluding hydrogens is 233 g/mol. The van der Waals surface area contributed by atoms with Crippen LogP contribution < -0.4 is 5.73 Å². The minimum atomic E-state index is -4.36. The number of nitrogens with zero attached hydrogens (tertiary/aromatic N) is 1. The van der Waals surface area contributed by atoms with Gasteiger partial charge in [-0.05, 0) is 6.07 Å². The van der Waals surface area contributed by atoms with Crippen LogP contribution in [0.3, 0.4) is 0 Å². The molecule has 0 aromatic carbocycles. The van der Waals surface area contributed by atoms with E-state index in [-0.39, 0.29) is 10.9 Å². The zero-order valence-electron chi connectivity index (χ0n) is 7.68. The molecule has 15 heavy (non-hydrogen) atoms. The van der Waals surface area contributed by atoms with Gasteiger partial charge in [-0.3, -0.25) is 9.78 Å². The van der Waals surface area contributed by atoms with Gasteiger partial charge in [-0.15, -0.1) is 0 Å². The van der Waals surface area contributed by atoms with Gasteiger partial charge in [0.1, 0.15) is 0 Å². The molecule has 1 amide bonds. The standard InChI is InChI=1S/C6H3ClF3N.C2H5NO/c7-5-1-4(2-11-3-5)6(8,9)10;1-2(3)4/h1-3H;1H3,(H2,3,4). The summed E-state index contributed by atoms with van der Waals surface area (Å²) >= 11 is 5.29. The van der Waals surface area contributed by atoms with E-state index in [1.807, 2.05) is 0 Å². The second kappa shape index (κ2) is 5.55. The van der Waals surface area contributed by atoms with E-state index in [2.05, 4.69) is 10.7 Å². The lowest BCUT2D eigenvalue weighted by atomic mass is 10.3. The summed E-state index contributed by atoms with van der Waals surface area (Å²) in [6.07, 6.45) is -2.49. The smallest absolute Gasteiger partial charge is 0.370 e. The molecule has 2 N–H and O–H groups in total. The van der Waals surface area contributed by atoms with Crippen LogP contribution in [0.1, 0.15) is 12.5 Å².